The Morgan fingerprint density at radius 2 is 1.14 bits per heavy atom. The smallest absolute Gasteiger partial charge is 0.313 e. The monoisotopic (exact) mass is 376 g/mol. The first-order valence-corrected chi connectivity index (χ1v) is 9.95. The van der Waals surface area contributed by atoms with Gasteiger partial charge >= 0.3 is 11.9 Å². The van der Waals surface area contributed by atoms with Crippen LogP contribution in [0.15, 0.2) is 48.5 Å². The van der Waals surface area contributed by atoms with Gasteiger partial charge < -0.3 is 9.47 Å². The van der Waals surface area contributed by atoms with E-state index in [1.165, 1.54) is 14.2 Å². The summed E-state index contributed by atoms with van der Waals surface area (Å²) in [6.45, 7) is 0. The number of methoxy groups -OCH3 is 2. The molecule has 0 N–H and O–H groups in total. The van der Waals surface area contributed by atoms with Crippen LogP contribution in [0.5, 0.6) is 0 Å². The van der Waals surface area contributed by atoms with E-state index in [1.807, 2.05) is 24.3 Å². The quantitative estimate of drug-likeness (QED) is 0.736. The van der Waals surface area contributed by atoms with Crippen LogP contribution < -0.4 is 0 Å². The van der Waals surface area contributed by atoms with Crippen molar-refractivity contribution in [3.05, 3.63) is 59.7 Å². The van der Waals surface area contributed by atoms with Gasteiger partial charge in [0.2, 0.25) is 0 Å². The second kappa shape index (κ2) is 5.69. The van der Waals surface area contributed by atoms with Gasteiger partial charge in [0, 0.05) is 0 Å². The number of carbonyl (C=O) groups is 2. The fraction of sp³-hybridized carbons (Fsp3) is 0.417. The molecule has 2 aromatic carbocycles. The lowest BCUT2D eigenvalue weighted by Crippen LogP contribution is -2.60. The molecule has 0 radical (unpaired) electrons. The van der Waals surface area contributed by atoms with E-state index in [1.54, 1.807) is 0 Å². The summed E-state index contributed by atoms with van der Waals surface area (Å²) in [5.41, 5.74) is 2.12. The van der Waals surface area contributed by atoms with Crippen molar-refractivity contribution in [1.82, 2.24) is 0 Å². The standard InChI is InChI=1S/C24H24O4/c1-27-20(25)22-12-7-13-23(15-14-22,21(26)28-2)24(22)18-10-5-3-8-16(18)17-9-4-6-11-19(17)24/h3-6,8-11H,7,12-15H2,1-2H3. The van der Waals surface area contributed by atoms with Crippen molar-refractivity contribution in [2.45, 2.75) is 37.5 Å². The zero-order valence-corrected chi connectivity index (χ0v) is 16.3. The van der Waals surface area contributed by atoms with Gasteiger partial charge in [-0.1, -0.05) is 55.0 Å². The summed E-state index contributed by atoms with van der Waals surface area (Å²) in [4.78, 5) is 26.8. The Labute approximate surface area is 164 Å². The summed E-state index contributed by atoms with van der Waals surface area (Å²) in [6.07, 6.45) is 3.54. The minimum Gasteiger partial charge on any atom is -0.469 e. The van der Waals surface area contributed by atoms with E-state index < -0.39 is 16.2 Å². The SMILES string of the molecule is COC(=O)C12CCCC(C(=O)OC)(CC1)C21c2ccccc2-c2ccccc21. The molecular weight excluding hydrogens is 352 g/mol. The zero-order chi connectivity index (χ0) is 19.6. The summed E-state index contributed by atoms with van der Waals surface area (Å²) in [7, 11) is 2.93. The van der Waals surface area contributed by atoms with Gasteiger partial charge in [0.15, 0.2) is 0 Å². The van der Waals surface area contributed by atoms with Gasteiger partial charge in [-0.15, -0.1) is 0 Å². The lowest BCUT2D eigenvalue weighted by molar-refractivity contribution is -0.169. The fourth-order valence-electron chi connectivity index (χ4n) is 6.95. The predicted octanol–water partition coefficient (Wildman–Crippen LogP) is 4.25. The number of hydrogen-bond donors (Lipinski definition) is 0. The van der Waals surface area contributed by atoms with Crippen LogP contribution >= 0.6 is 0 Å². The Hall–Kier alpha value is -2.62. The number of rotatable bonds is 2. The molecule has 3 aliphatic rings. The van der Waals surface area contributed by atoms with Gasteiger partial charge in [0.25, 0.3) is 0 Å². The second-order valence-electron chi connectivity index (χ2n) is 8.34. The van der Waals surface area contributed by atoms with Gasteiger partial charge in [0.05, 0.1) is 30.5 Å². The molecule has 0 saturated heterocycles. The first-order chi connectivity index (χ1) is 13.6. The van der Waals surface area contributed by atoms with Crippen LogP contribution in [-0.2, 0) is 24.5 Å². The summed E-state index contributed by atoms with van der Waals surface area (Å²) in [5.74, 6) is -0.408. The minimum atomic E-state index is -0.753. The van der Waals surface area contributed by atoms with Gasteiger partial charge in [-0.2, -0.15) is 0 Å². The summed E-state index contributed by atoms with van der Waals surface area (Å²) >= 11 is 0. The molecular formula is C24H24O4. The first-order valence-electron chi connectivity index (χ1n) is 9.95. The average molecular weight is 376 g/mol. The van der Waals surface area contributed by atoms with Crippen molar-refractivity contribution in [3.8, 4) is 11.1 Å². The van der Waals surface area contributed by atoms with Crippen LogP contribution in [0, 0.1) is 10.8 Å². The van der Waals surface area contributed by atoms with Crippen molar-refractivity contribution in [2.75, 3.05) is 14.2 Å². The van der Waals surface area contributed by atoms with Crippen molar-refractivity contribution >= 4 is 11.9 Å². The Kier molecular flexibility index (Phi) is 3.55. The molecule has 0 aromatic heterocycles. The highest BCUT2D eigenvalue weighted by Gasteiger charge is 2.78. The number of hydrogen-bond acceptors (Lipinski definition) is 4. The van der Waals surface area contributed by atoms with Crippen molar-refractivity contribution in [2.24, 2.45) is 10.8 Å². The molecule has 0 amide bonds. The minimum absolute atomic E-state index is 0.204. The van der Waals surface area contributed by atoms with Crippen LogP contribution in [-0.4, -0.2) is 26.2 Å². The first kappa shape index (κ1) is 17.5. The van der Waals surface area contributed by atoms with E-state index in [9.17, 15) is 9.59 Å². The molecule has 2 aromatic rings. The number of benzene rings is 2. The molecule has 2 atom stereocenters. The molecule has 5 rings (SSSR count). The van der Waals surface area contributed by atoms with Crippen molar-refractivity contribution in [3.63, 3.8) is 0 Å². The third kappa shape index (κ3) is 1.64. The largest absolute Gasteiger partial charge is 0.469 e. The zero-order valence-electron chi connectivity index (χ0n) is 16.3. The Morgan fingerprint density at radius 1 is 0.714 bits per heavy atom. The third-order valence-electron chi connectivity index (χ3n) is 7.73. The van der Waals surface area contributed by atoms with Crippen LogP contribution in [0.1, 0.15) is 43.2 Å². The third-order valence-corrected chi connectivity index (χ3v) is 7.73. The van der Waals surface area contributed by atoms with Crippen LogP contribution in [0.4, 0.5) is 0 Å². The molecule has 3 aliphatic carbocycles. The van der Waals surface area contributed by atoms with E-state index in [0.717, 1.165) is 41.5 Å². The maximum atomic E-state index is 13.4. The van der Waals surface area contributed by atoms with Crippen LogP contribution in [0.3, 0.4) is 0 Å². The summed E-state index contributed by atoms with van der Waals surface area (Å²) in [5, 5.41) is 0. The highest BCUT2D eigenvalue weighted by Crippen LogP contribution is 2.76. The Bertz CT molecular complexity index is 914. The van der Waals surface area contributed by atoms with Crippen molar-refractivity contribution in [1.29, 1.82) is 0 Å². The molecule has 0 heterocycles. The summed E-state index contributed by atoms with van der Waals surface area (Å²) in [6, 6.07) is 16.5. The molecule has 144 valence electrons. The van der Waals surface area contributed by atoms with Gasteiger partial charge in [-0.3, -0.25) is 9.59 Å². The summed E-state index contributed by atoms with van der Waals surface area (Å²) < 4.78 is 10.8. The van der Waals surface area contributed by atoms with E-state index in [0.29, 0.717) is 12.8 Å². The number of carbonyl (C=O) groups excluding carboxylic acids is 2. The Balaban J connectivity index is 1.97. The predicted molar refractivity (Wildman–Crippen MR) is 105 cm³/mol. The Morgan fingerprint density at radius 3 is 1.57 bits per heavy atom. The highest BCUT2D eigenvalue weighted by molar-refractivity contribution is 5.95. The lowest BCUT2D eigenvalue weighted by atomic mass is 9.46. The maximum absolute atomic E-state index is 13.4. The molecule has 4 heteroatoms. The van der Waals surface area contributed by atoms with Gasteiger partial charge in [0.1, 0.15) is 0 Å². The van der Waals surface area contributed by atoms with E-state index in [2.05, 4.69) is 24.3 Å². The van der Waals surface area contributed by atoms with Gasteiger partial charge in [-0.25, -0.2) is 0 Å². The maximum Gasteiger partial charge on any atom is 0.313 e. The highest BCUT2D eigenvalue weighted by atomic mass is 16.5. The van der Waals surface area contributed by atoms with Crippen molar-refractivity contribution < 1.29 is 19.1 Å². The van der Waals surface area contributed by atoms with Gasteiger partial charge in [-0.05, 0) is 47.9 Å². The normalized spacial score (nSPS) is 28.5. The average Bonchev–Trinajstić information content (AvgIpc) is 3.12. The van der Waals surface area contributed by atoms with E-state index in [4.69, 9.17) is 9.47 Å². The van der Waals surface area contributed by atoms with Crippen LogP contribution in [0.2, 0.25) is 0 Å². The topological polar surface area (TPSA) is 52.6 Å². The lowest BCUT2D eigenvalue weighted by Gasteiger charge is -2.54. The fourth-order valence-corrected chi connectivity index (χ4v) is 6.95. The number of esters is 2. The van der Waals surface area contributed by atoms with E-state index in [-0.39, 0.29) is 11.9 Å². The molecule has 0 aliphatic heterocycles. The van der Waals surface area contributed by atoms with E-state index >= 15 is 0 Å². The number of ether oxygens (including phenoxy) is 2. The molecule has 1 spiro atoms. The molecule has 4 nitrogen and oxygen atoms in total. The molecule has 2 bridgehead atoms. The number of fused-ring (bicyclic) bond motifs is 3. The molecule has 2 unspecified atom stereocenters. The second-order valence-corrected chi connectivity index (χ2v) is 8.34. The molecule has 2 fully saturated rings. The molecule has 2 saturated carbocycles. The van der Waals surface area contributed by atoms with Crippen LogP contribution in [0.25, 0.3) is 11.1 Å². The molecule has 28 heavy (non-hydrogen) atoms.